The molecule has 2 heterocycles. The highest BCUT2D eigenvalue weighted by atomic mass is 16.5. The average Bonchev–Trinajstić information content (AvgIpc) is 2.73. The molecule has 6 nitrogen and oxygen atoms in total. The smallest absolute Gasteiger partial charge is 0.409 e. The maximum Gasteiger partial charge on any atom is 0.409 e. The maximum atomic E-state index is 11.7. The van der Waals surface area contributed by atoms with E-state index in [4.69, 9.17) is 4.74 Å². The normalized spacial score (nSPS) is 20.0. The lowest BCUT2D eigenvalue weighted by molar-refractivity contribution is 0.0658. The van der Waals surface area contributed by atoms with Crippen LogP contribution in [0.3, 0.4) is 0 Å². The number of methoxy groups -OCH3 is 1. The molecule has 0 bridgehead atoms. The number of hydrazone groups is 1. The summed E-state index contributed by atoms with van der Waals surface area (Å²) >= 11 is 0. The Labute approximate surface area is 153 Å². The van der Waals surface area contributed by atoms with Gasteiger partial charge < -0.3 is 9.64 Å². The van der Waals surface area contributed by atoms with Gasteiger partial charge in [-0.15, -0.1) is 0 Å². The SMILES string of the molecule is COC(=O)N1CCN(C2NN=C(c3ccccc3)c3ccccc32)CC1. The largest absolute Gasteiger partial charge is 0.453 e. The highest BCUT2D eigenvalue weighted by Gasteiger charge is 2.31. The number of ether oxygens (including phenoxy) is 1. The second-order valence-corrected chi connectivity index (χ2v) is 6.44. The van der Waals surface area contributed by atoms with Crippen LogP contribution in [0.1, 0.15) is 22.9 Å². The summed E-state index contributed by atoms with van der Waals surface area (Å²) in [6.45, 7) is 2.86. The minimum Gasteiger partial charge on any atom is -0.453 e. The van der Waals surface area contributed by atoms with E-state index >= 15 is 0 Å². The van der Waals surface area contributed by atoms with Gasteiger partial charge in [0.1, 0.15) is 6.17 Å². The lowest BCUT2D eigenvalue weighted by Gasteiger charge is -2.40. The monoisotopic (exact) mass is 350 g/mol. The number of nitrogens with zero attached hydrogens (tertiary/aromatic N) is 3. The van der Waals surface area contributed by atoms with Crippen molar-refractivity contribution in [2.45, 2.75) is 6.17 Å². The fourth-order valence-electron chi connectivity index (χ4n) is 3.59. The highest BCUT2D eigenvalue weighted by molar-refractivity contribution is 6.14. The second-order valence-electron chi connectivity index (χ2n) is 6.44. The van der Waals surface area contributed by atoms with Crippen LogP contribution in [0.25, 0.3) is 0 Å². The standard InChI is InChI=1S/C20H22N4O2/c1-26-20(25)24-13-11-23(12-14-24)19-17-10-6-5-9-16(17)18(21-22-19)15-7-3-2-4-8-15/h2-10,19,22H,11-14H2,1H3. The Balaban J connectivity index is 1.57. The Morgan fingerprint density at radius 2 is 1.73 bits per heavy atom. The van der Waals surface area contributed by atoms with Crippen LogP contribution in [0, 0.1) is 0 Å². The van der Waals surface area contributed by atoms with Crippen molar-refractivity contribution in [3.63, 3.8) is 0 Å². The quantitative estimate of drug-likeness (QED) is 0.904. The van der Waals surface area contributed by atoms with Gasteiger partial charge in [-0.05, 0) is 5.56 Å². The van der Waals surface area contributed by atoms with Crippen molar-refractivity contribution in [2.75, 3.05) is 33.3 Å². The zero-order valence-corrected chi connectivity index (χ0v) is 14.8. The van der Waals surface area contributed by atoms with Crippen molar-refractivity contribution in [3.05, 3.63) is 71.3 Å². The number of amides is 1. The lowest BCUT2D eigenvalue weighted by Crippen LogP contribution is -2.52. The molecular weight excluding hydrogens is 328 g/mol. The minimum atomic E-state index is -0.258. The first-order valence-electron chi connectivity index (χ1n) is 8.83. The number of hydrogen-bond acceptors (Lipinski definition) is 5. The van der Waals surface area contributed by atoms with Gasteiger partial charge in [-0.2, -0.15) is 5.10 Å². The third-order valence-electron chi connectivity index (χ3n) is 4.97. The van der Waals surface area contributed by atoms with Gasteiger partial charge in [0, 0.05) is 37.3 Å². The molecule has 2 aromatic carbocycles. The Bertz CT molecular complexity index is 814. The third-order valence-corrected chi connectivity index (χ3v) is 4.97. The predicted molar refractivity (Wildman–Crippen MR) is 100.0 cm³/mol. The topological polar surface area (TPSA) is 57.2 Å². The summed E-state index contributed by atoms with van der Waals surface area (Å²) in [6, 6.07) is 18.6. The van der Waals surface area contributed by atoms with E-state index in [9.17, 15) is 4.79 Å². The van der Waals surface area contributed by atoms with Gasteiger partial charge in [0.15, 0.2) is 0 Å². The lowest BCUT2D eigenvalue weighted by atomic mass is 9.94. The van der Waals surface area contributed by atoms with Crippen molar-refractivity contribution in [1.82, 2.24) is 15.2 Å². The number of carbonyl (C=O) groups is 1. The fourth-order valence-corrected chi connectivity index (χ4v) is 3.59. The van der Waals surface area contributed by atoms with E-state index in [1.807, 2.05) is 18.2 Å². The van der Waals surface area contributed by atoms with E-state index in [1.165, 1.54) is 12.7 Å². The van der Waals surface area contributed by atoms with Crippen LogP contribution < -0.4 is 5.43 Å². The molecule has 0 aromatic heterocycles. The van der Waals surface area contributed by atoms with E-state index in [1.54, 1.807) is 4.90 Å². The molecule has 2 aromatic rings. The van der Waals surface area contributed by atoms with Gasteiger partial charge in [0.05, 0.1) is 12.8 Å². The van der Waals surface area contributed by atoms with Crippen LogP contribution in [0.2, 0.25) is 0 Å². The summed E-state index contributed by atoms with van der Waals surface area (Å²) in [5.74, 6) is 0. The molecule has 2 aliphatic heterocycles. The molecule has 1 amide bonds. The molecule has 0 radical (unpaired) electrons. The summed E-state index contributed by atoms with van der Waals surface area (Å²) in [7, 11) is 1.42. The van der Waals surface area contributed by atoms with Gasteiger partial charge >= 0.3 is 6.09 Å². The molecule has 1 fully saturated rings. The summed E-state index contributed by atoms with van der Waals surface area (Å²) in [4.78, 5) is 15.8. The van der Waals surface area contributed by atoms with Crippen LogP contribution >= 0.6 is 0 Å². The number of carbonyl (C=O) groups excluding carboxylic acids is 1. The zero-order chi connectivity index (χ0) is 17.9. The molecule has 26 heavy (non-hydrogen) atoms. The molecule has 0 aliphatic carbocycles. The van der Waals surface area contributed by atoms with Crippen molar-refractivity contribution in [1.29, 1.82) is 0 Å². The molecule has 1 N–H and O–H groups in total. The molecule has 0 spiro atoms. The van der Waals surface area contributed by atoms with Crippen molar-refractivity contribution in [2.24, 2.45) is 5.10 Å². The maximum absolute atomic E-state index is 11.7. The Morgan fingerprint density at radius 1 is 1.04 bits per heavy atom. The van der Waals surface area contributed by atoms with Crippen molar-refractivity contribution < 1.29 is 9.53 Å². The van der Waals surface area contributed by atoms with Gasteiger partial charge in [-0.3, -0.25) is 10.3 Å². The molecule has 6 heteroatoms. The van der Waals surface area contributed by atoms with Crippen LogP contribution in [-0.2, 0) is 4.74 Å². The first-order valence-corrected chi connectivity index (χ1v) is 8.83. The van der Waals surface area contributed by atoms with E-state index < -0.39 is 0 Å². The third kappa shape index (κ3) is 3.04. The summed E-state index contributed by atoms with van der Waals surface area (Å²) in [5, 5.41) is 4.69. The van der Waals surface area contributed by atoms with Crippen molar-refractivity contribution >= 4 is 11.8 Å². The summed E-state index contributed by atoms with van der Waals surface area (Å²) < 4.78 is 4.82. The molecular formula is C20H22N4O2. The molecule has 134 valence electrons. The number of fused-ring (bicyclic) bond motifs is 1. The van der Waals surface area contributed by atoms with Crippen LogP contribution in [-0.4, -0.2) is 54.9 Å². The number of hydrogen-bond donors (Lipinski definition) is 1. The summed E-state index contributed by atoms with van der Waals surface area (Å²) in [6.07, 6.45) is -0.246. The van der Waals surface area contributed by atoms with E-state index in [2.05, 4.69) is 51.8 Å². The first kappa shape index (κ1) is 16.6. The van der Waals surface area contributed by atoms with E-state index in [0.717, 1.165) is 29.9 Å². The van der Waals surface area contributed by atoms with Crippen molar-refractivity contribution in [3.8, 4) is 0 Å². The zero-order valence-electron chi connectivity index (χ0n) is 14.8. The number of rotatable bonds is 2. The highest BCUT2D eigenvalue weighted by Crippen LogP contribution is 2.28. The molecule has 2 aliphatic rings. The van der Waals surface area contributed by atoms with Crippen LogP contribution in [0.5, 0.6) is 0 Å². The predicted octanol–water partition coefficient (Wildman–Crippen LogP) is 2.42. The summed E-state index contributed by atoms with van der Waals surface area (Å²) in [5.41, 5.74) is 7.76. The van der Waals surface area contributed by atoms with Gasteiger partial charge in [-0.25, -0.2) is 4.79 Å². The average molecular weight is 350 g/mol. The fraction of sp³-hybridized carbons (Fsp3) is 0.300. The molecule has 0 saturated carbocycles. The van der Waals surface area contributed by atoms with Gasteiger partial charge in [-0.1, -0.05) is 54.6 Å². The van der Waals surface area contributed by atoms with E-state index in [-0.39, 0.29) is 12.3 Å². The molecule has 1 saturated heterocycles. The second kappa shape index (κ2) is 7.17. The Kier molecular flexibility index (Phi) is 4.58. The van der Waals surface area contributed by atoms with Crippen LogP contribution in [0.4, 0.5) is 4.79 Å². The van der Waals surface area contributed by atoms with Gasteiger partial charge in [0.2, 0.25) is 0 Å². The molecule has 1 unspecified atom stereocenters. The molecule has 1 atom stereocenters. The van der Waals surface area contributed by atoms with Crippen LogP contribution in [0.15, 0.2) is 59.7 Å². The Hall–Kier alpha value is -2.86. The number of piperazine rings is 1. The van der Waals surface area contributed by atoms with Gasteiger partial charge in [0.25, 0.3) is 0 Å². The molecule has 4 rings (SSSR count). The number of nitrogens with one attached hydrogen (secondary N) is 1. The first-order chi connectivity index (χ1) is 12.8. The minimum absolute atomic E-state index is 0.0125. The Morgan fingerprint density at radius 3 is 2.46 bits per heavy atom. The number of benzene rings is 2. The van der Waals surface area contributed by atoms with E-state index in [0.29, 0.717) is 13.1 Å².